The first-order chi connectivity index (χ1) is 7.96. The second-order valence-electron chi connectivity index (χ2n) is 4.32. The van der Waals surface area contributed by atoms with Crippen LogP contribution < -0.4 is 9.47 Å². The largest absolute Gasteiger partial charge is 0.493 e. The lowest BCUT2D eigenvalue weighted by molar-refractivity contribution is -0.0793. The third-order valence-electron chi connectivity index (χ3n) is 2.91. The van der Waals surface area contributed by atoms with Crippen molar-refractivity contribution < 1.29 is 19.3 Å². The quantitative estimate of drug-likeness (QED) is 0.856. The predicted octanol–water partition coefficient (Wildman–Crippen LogP) is 2.16. The van der Waals surface area contributed by atoms with Crippen LogP contribution in [0.4, 0.5) is 0 Å². The van der Waals surface area contributed by atoms with E-state index in [1.165, 1.54) is 0 Å². The van der Waals surface area contributed by atoms with Crippen molar-refractivity contribution in [3.8, 4) is 11.5 Å². The topological polar surface area (TPSA) is 47.9 Å². The molecule has 0 fully saturated rings. The van der Waals surface area contributed by atoms with Crippen molar-refractivity contribution >= 4 is 0 Å². The summed E-state index contributed by atoms with van der Waals surface area (Å²) in [6, 6.07) is 5.32. The minimum atomic E-state index is -0.729. The highest BCUT2D eigenvalue weighted by Gasteiger charge is 2.29. The zero-order valence-electron chi connectivity index (χ0n) is 11.0. The lowest BCUT2D eigenvalue weighted by atomic mass is 9.94. The zero-order chi connectivity index (χ0) is 13.1. The van der Waals surface area contributed by atoms with E-state index in [9.17, 15) is 5.11 Å². The van der Waals surface area contributed by atoms with Gasteiger partial charge in [0.1, 0.15) is 6.10 Å². The van der Waals surface area contributed by atoms with E-state index in [0.29, 0.717) is 11.5 Å². The van der Waals surface area contributed by atoms with Crippen molar-refractivity contribution in [1.29, 1.82) is 0 Å². The minimum Gasteiger partial charge on any atom is -0.493 e. The molecule has 0 saturated carbocycles. The standard InChI is InChI=1S/C13H20O4/c1-13(2,17-5)12(14)9-6-7-10(15-3)11(8-9)16-4/h6-8,12,14H,1-5H3. The van der Waals surface area contributed by atoms with Crippen LogP contribution in [0.25, 0.3) is 0 Å². The second kappa shape index (κ2) is 5.38. The fourth-order valence-electron chi connectivity index (χ4n) is 1.54. The Hall–Kier alpha value is -1.26. The summed E-state index contributed by atoms with van der Waals surface area (Å²) in [6.07, 6.45) is -0.729. The summed E-state index contributed by atoms with van der Waals surface area (Å²) in [7, 11) is 4.71. The van der Waals surface area contributed by atoms with E-state index in [2.05, 4.69) is 0 Å². The molecule has 0 spiro atoms. The molecule has 1 unspecified atom stereocenters. The summed E-state index contributed by atoms with van der Waals surface area (Å²) in [5.74, 6) is 1.23. The number of benzene rings is 1. The number of rotatable bonds is 5. The first-order valence-electron chi connectivity index (χ1n) is 5.41. The van der Waals surface area contributed by atoms with Crippen molar-refractivity contribution in [3.63, 3.8) is 0 Å². The van der Waals surface area contributed by atoms with Gasteiger partial charge in [-0.3, -0.25) is 0 Å². The molecule has 4 nitrogen and oxygen atoms in total. The van der Waals surface area contributed by atoms with Crippen LogP contribution in [0.1, 0.15) is 25.5 Å². The molecule has 4 heteroatoms. The SMILES string of the molecule is COc1ccc(C(O)C(C)(C)OC)cc1OC. The molecule has 96 valence electrons. The van der Waals surface area contributed by atoms with Gasteiger partial charge in [-0.05, 0) is 31.5 Å². The fraction of sp³-hybridized carbons (Fsp3) is 0.538. The zero-order valence-corrected chi connectivity index (χ0v) is 11.0. The molecule has 0 amide bonds. The maximum atomic E-state index is 10.2. The number of methoxy groups -OCH3 is 3. The van der Waals surface area contributed by atoms with Crippen molar-refractivity contribution in [2.45, 2.75) is 25.6 Å². The third-order valence-corrected chi connectivity index (χ3v) is 2.91. The van der Waals surface area contributed by atoms with Crippen molar-refractivity contribution in [2.75, 3.05) is 21.3 Å². The first kappa shape index (κ1) is 13.8. The van der Waals surface area contributed by atoms with E-state index >= 15 is 0 Å². The molecule has 1 N–H and O–H groups in total. The minimum absolute atomic E-state index is 0.593. The van der Waals surface area contributed by atoms with E-state index in [1.807, 2.05) is 13.8 Å². The molecule has 0 aromatic heterocycles. The lowest BCUT2D eigenvalue weighted by Gasteiger charge is -2.29. The van der Waals surface area contributed by atoms with Crippen molar-refractivity contribution in [3.05, 3.63) is 23.8 Å². The normalized spacial score (nSPS) is 13.3. The number of aliphatic hydroxyl groups is 1. The molecule has 0 saturated heterocycles. The Balaban J connectivity index is 3.07. The fourth-order valence-corrected chi connectivity index (χ4v) is 1.54. The van der Waals surface area contributed by atoms with Crippen LogP contribution in [-0.4, -0.2) is 32.0 Å². The molecule has 1 atom stereocenters. The average Bonchev–Trinajstić information content (AvgIpc) is 2.36. The Kier molecular flexibility index (Phi) is 4.37. The smallest absolute Gasteiger partial charge is 0.161 e. The van der Waals surface area contributed by atoms with Gasteiger partial charge in [0.25, 0.3) is 0 Å². The highest BCUT2D eigenvalue weighted by molar-refractivity contribution is 5.43. The van der Waals surface area contributed by atoms with Gasteiger partial charge in [0, 0.05) is 7.11 Å². The summed E-state index contributed by atoms with van der Waals surface area (Å²) in [5, 5.41) is 10.2. The lowest BCUT2D eigenvalue weighted by Crippen LogP contribution is -2.31. The second-order valence-corrected chi connectivity index (χ2v) is 4.32. The molecule has 1 aromatic rings. The number of aliphatic hydroxyl groups excluding tert-OH is 1. The maximum absolute atomic E-state index is 10.2. The molecule has 0 radical (unpaired) electrons. The van der Waals surface area contributed by atoms with Gasteiger partial charge in [-0.2, -0.15) is 0 Å². The first-order valence-corrected chi connectivity index (χ1v) is 5.41. The molecular formula is C13H20O4. The van der Waals surface area contributed by atoms with Crippen LogP contribution in [0.15, 0.2) is 18.2 Å². The van der Waals surface area contributed by atoms with Gasteiger partial charge in [0.15, 0.2) is 11.5 Å². The molecule has 0 heterocycles. The molecule has 1 aromatic carbocycles. The van der Waals surface area contributed by atoms with Crippen LogP contribution in [0.3, 0.4) is 0 Å². The Labute approximate surface area is 102 Å². The van der Waals surface area contributed by atoms with Gasteiger partial charge in [-0.1, -0.05) is 6.07 Å². The Morgan fingerprint density at radius 3 is 2.12 bits per heavy atom. The number of ether oxygens (including phenoxy) is 3. The maximum Gasteiger partial charge on any atom is 0.161 e. The monoisotopic (exact) mass is 240 g/mol. The number of hydrogen-bond donors (Lipinski definition) is 1. The van der Waals surface area contributed by atoms with Crippen LogP contribution in [0, 0.1) is 0 Å². The molecular weight excluding hydrogens is 220 g/mol. The molecule has 0 aliphatic heterocycles. The van der Waals surface area contributed by atoms with Crippen molar-refractivity contribution in [2.24, 2.45) is 0 Å². The van der Waals surface area contributed by atoms with E-state index in [-0.39, 0.29) is 0 Å². The average molecular weight is 240 g/mol. The summed E-state index contributed by atoms with van der Waals surface area (Å²) in [4.78, 5) is 0. The van der Waals surface area contributed by atoms with Crippen LogP contribution in [0.2, 0.25) is 0 Å². The van der Waals surface area contributed by atoms with Crippen LogP contribution in [0.5, 0.6) is 11.5 Å². The van der Waals surface area contributed by atoms with Gasteiger partial charge in [-0.25, -0.2) is 0 Å². The van der Waals surface area contributed by atoms with Crippen molar-refractivity contribution in [1.82, 2.24) is 0 Å². The highest BCUT2D eigenvalue weighted by atomic mass is 16.5. The van der Waals surface area contributed by atoms with Crippen LogP contribution >= 0.6 is 0 Å². The molecule has 0 bridgehead atoms. The van der Waals surface area contributed by atoms with Gasteiger partial charge in [0.2, 0.25) is 0 Å². The van der Waals surface area contributed by atoms with E-state index in [1.54, 1.807) is 39.5 Å². The Morgan fingerprint density at radius 1 is 1.06 bits per heavy atom. The van der Waals surface area contributed by atoms with Gasteiger partial charge in [-0.15, -0.1) is 0 Å². The van der Waals surface area contributed by atoms with E-state index < -0.39 is 11.7 Å². The predicted molar refractivity (Wildman–Crippen MR) is 65.6 cm³/mol. The summed E-state index contributed by atoms with van der Waals surface area (Å²) in [6.45, 7) is 3.66. The highest BCUT2D eigenvalue weighted by Crippen LogP contribution is 2.34. The van der Waals surface area contributed by atoms with Gasteiger partial charge >= 0.3 is 0 Å². The summed E-state index contributed by atoms with van der Waals surface area (Å²) < 4.78 is 15.6. The number of hydrogen-bond acceptors (Lipinski definition) is 4. The Bertz CT molecular complexity index is 374. The summed E-state index contributed by atoms with van der Waals surface area (Å²) >= 11 is 0. The molecule has 1 rings (SSSR count). The molecule has 17 heavy (non-hydrogen) atoms. The Morgan fingerprint density at radius 2 is 1.65 bits per heavy atom. The third kappa shape index (κ3) is 2.90. The van der Waals surface area contributed by atoms with Gasteiger partial charge < -0.3 is 19.3 Å². The molecule has 0 aliphatic rings. The van der Waals surface area contributed by atoms with Crippen LogP contribution in [-0.2, 0) is 4.74 Å². The van der Waals surface area contributed by atoms with E-state index in [0.717, 1.165) is 5.56 Å². The molecule has 0 aliphatic carbocycles. The van der Waals surface area contributed by atoms with Gasteiger partial charge in [0.05, 0.1) is 19.8 Å². The van der Waals surface area contributed by atoms with E-state index in [4.69, 9.17) is 14.2 Å². The summed E-state index contributed by atoms with van der Waals surface area (Å²) in [5.41, 5.74) is 0.0778.